The van der Waals surface area contributed by atoms with Crippen LogP contribution in [0, 0.1) is 32.1 Å². The molecule has 9 heteroatoms. The minimum atomic E-state index is -3.91. The summed E-state index contributed by atoms with van der Waals surface area (Å²) in [6, 6.07) is 20.6. The first kappa shape index (κ1) is 27.6. The van der Waals surface area contributed by atoms with Gasteiger partial charge in [0.15, 0.2) is 5.11 Å². The van der Waals surface area contributed by atoms with Crippen molar-refractivity contribution in [3.63, 3.8) is 0 Å². The lowest BCUT2D eigenvalue weighted by atomic mass is 10.1. The highest BCUT2D eigenvalue weighted by molar-refractivity contribution is 7.89. The van der Waals surface area contributed by atoms with E-state index in [2.05, 4.69) is 25.1 Å². The molecule has 38 heavy (non-hydrogen) atoms. The van der Waals surface area contributed by atoms with Crippen molar-refractivity contribution in [2.75, 3.05) is 33.2 Å². The van der Waals surface area contributed by atoms with Gasteiger partial charge in [-0.1, -0.05) is 35.9 Å². The molecule has 1 aliphatic heterocycles. The van der Waals surface area contributed by atoms with Gasteiger partial charge in [-0.2, -0.15) is 9.57 Å². The van der Waals surface area contributed by atoms with Crippen LogP contribution in [0.1, 0.15) is 27.8 Å². The maximum atomic E-state index is 13.8. The highest BCUT2D eigenvalue weighted by Crippen LogP contribution is 2.33. The van der Waals surface area contributed by atoms with Crippen LogP contribution in [0.5, 0.6) is 11.5 Å². The number of hydrogen-bond donors (Lipinski definition) is 0. The number of thiocarbonyl (C=S) groups is 1. The molecule has 0 spiro atoms. The van der Waals surface area contributed by atoms with Gasteiger partial charge < -0.3 is 14.5 Å². The van der Waals surface area contributed by atoms with Gasteiger partial charge in [0.2, 0.25) is 10.0 Å². The van der Waals surface area contributed by atoms with E-state index in [-0.39, 0.29) is 29.3 Å². The lowest BCUT2D eigenvalue weighted by molar-refractivity contribution is 0.247. The predicted molar refractivity (Wildman–Crippen MR) is 153 cm³/mol. The summed E-state index contributed by atoms with van der Waals surface area (Å²) in [6.45, 7) is 8.16. The third kappa shape index (κ3) is 6.33. The second-order valence-corrected chi connectivity index (χ2v) is 12.0. The van der Waals surface area contributed by atoms with Crippen LogP contribution in [0.4, 0.5) is 0 Å². The molecule has 1 saturated heterocycles. The second-order valence-electron chi connectivity index (χ2n) is 9.72. The Morgan fingerprint density at radius 2 is 1.66 bits per heavy atom. The van der Waals surface area contributed by atoms with Crippen molar-refractivity contribution >= 4 is 27.4 Å². The average molecular weight is 549 g/mol. The van der Waals surface area contributed by atoms with Crippen molar-refractivity contribution in [3.8, 4) is 17.6 Å². The van der Waals surface area contributed by atoms with Crippen LogP contribution in [0.25, 0.3) is 0 Å². The number of nitriles is 1. The first-order valence-corrected chi connectivity index (χ1v) is 14.3. The molecule has 0 saturated carbocycles. The van der Waals surface area contributed by atoms with Crippen LogP contribution in [0.3, 0.4) is 0 Å². The van der Waals surface area contributed by atoms with E-state index in [1.807, 2.05) is 61.0 Å². The Bertz CT molecular complexity index is 1470. The third-order valence-corrected chi connectivity index (χ3v) is 8.94. The fourth-order valence-electron chi connectivity index (χ4n) is 4.63. The van der Waals surface area contributed by atoms with Crippen LogP contribution in [0.2, 0.25) is 0 Å². The Morgan fingerprint density at radius 1 is 0.974 bits per heavy atom. The zero-order chi connectivity index (χ0) is 27.4. The molecule has 1 aliphatic rings. The van der Waals surface area contributed by atoms with Crippen molar-refractivity contribution in [2.45, 2.75) is 32.2 Å². The molecule has 0 N–H and O–H groups in total. The fraction of sp³-hybridized carbons (Fsp3) is 0.310. The first-order valence-electron chi connectivity index (χ1n) is 12.4. The highest BCUT2D eigenvalue weighted by Gasteiger charge is 2.32. The molecule has 0 radical (unpaired) electrons. The topological polar surface area (TPSA) is 76.9 Å². The molecule has 0 bridgehead atoms. The lowest BCUT2D eigenvalue weighted by Gasteiger charge is -2.38. The summed E-state index contributed by atoms with van der Waals surface area (Å²) in [7, 11) is -1.96. The second kappa shape index (κ2) is 11.5. The monoisotopic (exact) mass is 548 g/mol. The zero-order valence-corrected chi connectivity index (χ0v) is 23.8. The van der Waals surface area contributed by atoms with E-state index in [0.717, 1.165) is 11.1 Å². The van der Waals surface area contributed by atoms with Crippen LogP contribution < -0.4 is 4.74 Å². The molecule has 0 atom stereocenters. The molecule has 3 aromatic rings. The first-order chi connectivity index (χ1) is 18.1. The van der Waals surface area contributed by atoms with Gasteiger partial charge in [-0.05, 0) is 80.0 Å². The Morgan fingerprint density at radius 3 is 2.29 bits per heavy atom. The van der Waals surface area contributed by atoms with Gasteiger partial charge in [-0.25, -0.2) is 8.42 Å². The Hall–Kier alpha value is -3.45. The third-order valence-electron chi connectivity index (χ3n) is 6.45. The quantitative estimate of drug-likeness (QED) is 0.401. The van der Waals surface area contributed by atoms with E-state index in [4.69, 9.17) is 17.0 Å². The number of ether oxygens (including phenoxy) is 1. The maximum Gasteiger partial charge on any atom is 0.246 e. The number of benzene rings is 3. The molecule has 4 rings (SSSR count). The van der Waals surface area contributed by atoms with E-state index < -0.39 is 10.0 Å². The molecular formula is C29H32N4O3S2. The van der Waals surface area contributed by atoms with Crippen molar-refractivity contribution in [1.82, 2.24) is 14.1 Å². The summed E-state index contributed by atoms with van der Waals surface area (Å²) >= 11 is 5.73. The zero-order valence-electron chi connectivity index (χ0n) is 22.1. The summed E-state index contributed by atoms with van der Waals surface area (Å²) < 4.78 is 35.0. The van der Waals surface area contributed by atoms with Crippen LogP contribution >= 0.6 is 12.2 Å². The molecule has 1 fully saturated rings. The SMILES string of the molecule is Cc1cccc(CN(C)C(=S)N2CCN(S(=O)(=O)c3cc(C#N)ccc3Oc3cc(C)cc(C)c3)CC2)c1. The van der Waals surface area contributed by atoms with Gasteiger partial charge in [-0.3, -0.25) is 0 Å². The normalized spacial score (nSPS) is 14.1. The molecule has 1 heterocycles. The molecule has 0 amide bonds. The fourth-order valence-corrected chi connectivity index (χ4v) is 6.44. The molecule has 3 aromatic carbocycles. The van der Waals surface area contributed by atoms with Gasteiger partial charge in [-0.15, -0.1) is 0 Å². The number of nitrogens with zero attached hydrogens (tertiary/aromatic N) is 4. The average Bonchev–Trinajstić information content (AvgIpc) is 2.88. The summed E-state index contributed by atoms with van der Waals surface area (Å²) in [5.74, 6) is 0.750. The Balaban J connectivity index is 1.49. The molecule has 198 valence electrons. The summed E-state index contributed by atoms with van der Waals surface area (Å²) in [4.78, 5) is 4.04. The predicted octanol–water partition coefficient (Wildman–Crippen LogP) is 5.00. The highest BCUT2D eigenvalue weighted by atomic mass is 32.2. The summed E-state index contributed by atoms with van der Waals surface area (Å²) in [5.41, 5.74) is 4.65. The lowest BCUT2D eigenvalue weighted by Crippen LogP contribution is -2.53. The number of aryl methyl sites for hydroxylation is 3. The standard InChI is InChI=1S/C29H32N4O3S2/c1-21-6-5-7-25(15-21)20-31(4)29(37)32-10-12-33(13-11-32)38(34,35)28-18-24(19-30)8-9-27(28)36-26-16-22(2)14-23(3)17-26/h5-9,14-18H,10-13,20H2,1-4H3. The van der Waals surface area contributed by atoms with Crippen LogP contribution in [-0.4, -0.2) is 60.9 Å². The van der Waals surface area contributed by atoms with E-state index in [0.29, 0.717) is 30.5 Å². The van der Waals surface area contributed by atoms with Crippen LogP contribution in [0.15, 0.2) is 65.6 Å². The van der Waals surface area contributed by atoms with Crippen molar-refractivity contribution in [2.24, 2.45) is 0 Å². The Labute approximate surface area is 230 Å². The molecule has 0 aliphatic carbocycles. The minimum Gasteiger partial charge on any atom is -0.456 e. The van der Waals surface area contributed by atoms with Gasteiger partial charge in [0.1, 0.15) is 16.4 Å². The smallest absolute Gasteiger partial charge is 0.246 e. The van der Waals surface area contributed by atoms with Gasteiger partial charge in [0.05, 0.1) is 11.6 Å². The van der Waals surface area contributed by atoms with Gasteiger partial charge in [0.25, 0.3) is 0 Å². The summed E-state index contributed by atoms with van der Waals surface area (Å²) in [5, 5.41) is 10.1. The number of hydrogen-bond acceptors (Lipinski definition) is 5. The van der Waals surface area contributed by atoms with E-state index in [1.54, 1.807) is 12.1 Å². The van der Waals surface area contributed by atoms with E-state index in [1.165, 1.54) is 21.5 Å². The summed E-state index contributed by atoms with van der Waals surface area (Å²) in [6.07, 6.45) is 0. The van der Waals surface area contributed by atoms with Gasteiger partial charge in [0, 0.05) is 39.8 Å². The number of piperazine rings is 1. The molecule has 0 aromatic heterocycles. The van der Waals surface area contributed by atoms with Crippen molar-refractivity contribution in [1.29, 1.82) is 5.26 Å². The number of rotatable bonds is 6. The maximum absolute atomic E-state index is 13.8. The van der Waals surface area contributed by atoms with E-state index in [9.17, 15) is 13.7 Å². The van der Waals surface area contributed by atoms with Crippen LogP contribution in [-0.2, 0) is 16.6 Å². The largest absolute Gasteiger partial charge is 0.456 e. The Kier molecular flexibility index (Phi) is 8.36. The molecule has 7 nitrogen and oxygen atoms in total. The van der Waals surface area contributed by atoms with Crippen molar-refractivity contribution < 1.29 is 13.2 Å². The minimum absolute atomic E-state index is 0.0108. The molecular weight excluding hydrogens is 516 g/mol. The molecule has 0 unspecified atom stereocenters. The van der Waals surface area contributed by atoms with Gasteiger partial charge >= 0.3 is 0 Å². The van der Waals surface area contributed by atoms with Crippen molar-refractivity contribution in [3.05, 3.63) is 88.5 Å². The van der Waals surface area contributed by atoms with E-state index >= 15 is 0 Å². The number of sulfonamides is 1.